The Morgan fingerprint density at radius 2 is 1.89 bits per heavy atom. The maximum absolute atomic E-state index is 14.0. The van der Waals surface area contributed by atoms with Crippen molar-refractivity contribution >= 4 is 15.9 Å². The summed E-state index contributed by atoms with van der Waals surface area (Å²) in [7, 11) is 0. The zero-order valence-corrected chi connectivity index (χ0v) is 12.5. The molecule has 0 radical (unpaired) electrons. The molecule has 100 valence electrons. The van der Waals surface area contributed by atoms with Crippen LogP contribution in [0.2, 0.25) is 0 Å². The van der Waals surface area contributed by atoms with Gasteiger partial charge in [-0.15, -0.1) is 0 Å². The van der Waals surface area contributed by atoms with E-state index < -0.39 is 0 Å². The van der Waals surface area contributed by atoms with Gasteiger partial charge in [0.25, 0.3) is 0 Å². The minimum atomic E-state index is -0.189. The highest BCUT2D eigenvalue weighted by molar-refractivity contribution is 9.10. The van der Waals surface area contributed by atoms with Gasteiger partial charge in [-0.2, -0.15) is 0 Å². The van der Waals surface area contributed by atoms with Crippen LogP contribution >= 0.6 is 15.9 Å². The Bertz CT molecular complexity index is 554. The number of nitrogens with one attached hydrogen (secondary N) is 1. The molecule has 2 aromatic rings. The zero-order valence-electron chi connectivity index (χ0n) is 10.9. The monoisotopic (exact) mass is 321 g/mol. The Kier molecular flexibility index (Phi) is 5.11. The van der Waals surface area contributed by atoms with E-state index >= 15 is 0 Å². The lowest BCUT2D eigenvalue weighted by Gasteiger charge is -2.11. The third kappa shape index (κ3) is 3.64. The minimum Gasteiger partial charge on any atom is -0.313 e. The van der Waals surface area contributed by atoms with Crippen molar-refractivity contribution in [2.75, 3.05) is 6.54 Å². The Balaban J connectivity index is 2.35. The fourth-order valence-corrected chi connectivity index (χ4v) is 2.40. The molecule has 0 saturated carbocycles. The Hall–Kier alpha value is -1.19. The lowest BCUT2D eigenvalue weighted by molar-refractivity contribution is 0.630. The van der Waals surface area contributed by atoms with Crippen LogP contribution in [0.4, 0.5) is 4.39 Å². The topological polar surface area (TPSA) is 12.0 Å². The molecule has 1 nitrogen and oxygen atoms in total. The van der Waals surface area contributed by atoms with Gasteiger partial charge in [-0.05, 0) is 42.3 Å². The summed E-state index contributed by atoms with van der Waals surface area (Å²) in [5.41, 5.74) is 2.71. The third-order valence-electron chi connectivity index (χ3n) is 2.98. The molecule has 0 unspecified atom stereocenters. The number of benzene rings is 2. The van der Waals surface area contributed by atoms with Crippen molar-refractivity contribution in [3.8, 4) is 11.1 Å². The van der Waals surface area contributed by atoms with Crippen molar-refractivity contribution in [3.63, 3.8) is 0 Å². The lowest BCUT2D eigenvalue weighted by atomic mass is 9.99. The molecule has 0 aromatic heterocycles. The van der Waals surface area contributed by atoms with E-state index in [9.17, 15) is 4.39 Å². The number of halogens is 2. The quantitative estimate of drug-likeness (QED) is 0.783. The summed E-state index contributed by atoms with van der Waals surface area (Å²) in [4.78, 5) is 0. The van der Waals surface area contributed by atoms with Gasteiger partial charge in [0.1, 0.15) is 5.82 Å². The molecule has 0 amide bonds. The van der Waals surface area contributed by atoms with Crippen molar-refractivity contribution in [2.45, 2.75) is 19.9 Å². The van der Waals surface area contributed by atoms with Gasteiger partial charge in [0, 0.05) is 16.6 Å². The predicted octanol–water partition coefficient (Wildman–Crippen LogP) is 4.75. The second-order valence-electron chi connectivity index (χ2n) is 4.46. The van der Waals surface area contributed by atoms with Crippen LogP contribution in [0.3, 0.4) is 0 Å². The molecule has 2 rings (SSSR count). The van der Waals surface area contributed by atoms with E-state index in [4.69, 9.17) is 0 Å². The van der Waals surface area contributed by atoms with Gasteiger partial charge in [0.2, 0.25) is 0 Å². The van der Waals surface area contributed by atoms with Crippen LogP contribution in [0.1, 0.15) is 18.9 Å². The smallest absolute Gasteiger partial charge is 0.131 e. The van der Waals surface area contributed by atoms with Crippen molar-refractivity contribution in [2.24, 2.45) is 0 Å². The van der Waals surface area contributed by atoms with E-state index in [-0.39, 0.29) is 5.82 Å². The minimum absolute atomic E-state index is 0.189. The Morgan fingerprint density at radius 3 is 2.68 bits per heavy atom. The molecule has 0 aliphatic carbocycles. The molecule has 0 saturated heterocycles. The van der Waals surface area contributed by atoms with Gasteiger partial charge in [-0.3, -0.25) is 0 Å². The SMILES string of the molecule is CCCNCc1ccccc1-c1cc(Br)ccc1F. The zero-order chi connectivity index (χ0) is 13.7. The largest absolute Gasteiger partial charge is 0.313 e. The van der Waals surface area contributed by atoms with Gasteiger partial charge in [-0.25, -0.2) is 4.39 Å². The molecule has 19 heavy (non-hydrogen) atoms. The summed E-state index contributed by atoms with van der Waals surface area (Å²) in [5, 5.41) is 3.36. The maximum atomic E-state index is 14.0. The summed E-state index contributed by atoms with van der Waals surface area (Å²) < 4.78 is 14.9. The van der Waals surface area contributed by atoms with Gasteiger partial charge in [0.15, 0.2) is 0 Å². The molecule has 0 heterocycles. The molecule has 0 aliphatic rings. The van der Waals surface area contributed by atoms with E-state index in [1.54, 1.807) is 6.07 Å². The summed E-state index contributed by atoms with van der Waals surface area (Å²) in [6.45, 7) is 3.86. The molecule has 2 aromatic carbocycles. The maximum Gasteiger partial charge on any atom is 0.131 e. The molecular formula is C16H17BrFN. The van der Waals surface area contributed by atoms with Crippen molar-refractivity contribution in [1.82, 2.24) is 5.32 Å². The van der Waals surface area contributed by atoms with Crippen LogP contribution in [0.15, 0.2) is 46.9 Å². The fourth-order valence-electron chi connectivity index (χ4n) is 2.04. The fraction of sp³-hybridized carbons (Fsp3) is 0.250. The van der Waals surface area contributed by atoms with Crippen molar-refractivity contribution in [1.29, 1.82) is 0 Å². The molecule has 3 heteroatoms. The number of rotatable bonds is 5. The summed E-state index contributed by atoms with van der Waals surface area (Å²) in [6.07, 6.45) is 1.09. The summed E-state index contributed by atoms with van der Waals surface area (Å²) in [5.74, 6) is -0.189. The second-order valence-corrected chi connectivity index (χ2v) is 5.37. The first kappa shape index (κ1) is 14.2. The third-order valence-corrected chi connectivity index (χ3v) is 3.47. The van der Waals surface area contributed by atoms with E-state index in [0.717, 1.165) is 35.1 Å². The van der Waals surface area contributed by atoms with Crippen LogP contribution in [0.5, 0.6) is 0 Å². The van der Waals surface area contributed by atoms with Gasteiger partial charge in [-0.1, -0.05) is 47.1 Å². The molecule has 1 N–H and O–H groups in total. The van der Waals surface area contributed by atoms with Crippen LogP contribution in [-0.4, -0.2) is 6.54 Å². The van der Waals surface area contributed by atoms with Crippen molar-refractivity contribution < 1.29 is 4.39 Å². The van der Waals surface area contributed by atoms with E-state index in [1.807, 2.05) is 30.3 Å². The molecule has 0 bridgehead atoms. The highest BCUT2D eigenvalue weighted by Crippen LogP contribution is 2.29. The van der Waals surface area contributed by atoms with Crippen LogP contribution in [0.25, 0.3) is 11.1 Å². The molecule has 0 aliphatic heterocycles. The molecule has 0 spiro atoms. The molecule has 0 fully saturated rings. The Morgan fingerprint density at radius 1 is 1.11 bits per heavy atom. The van der Waals surface area contributed by atoms with Crippen molar-refractivity contribution in [3.05, 3.63) is 58.3 Å². The first-order valence-corrected chi connectivity index (χ1v) is 7.25. The van der Waals surface area contributed by atoms with E-state index in [1.165, 1.54) is 6.07 Å². The first-order chi connectivity index (χ1) is 9.22. The average Bonchev–Trinajstić information content (AvgIpc) is 2.42. The Labute approximate surface area is 122 Å². The highest BCUT2D eigenvalue weighted by Gasteiger charge is 2.09. The first-order valence-electron chi connectivity index (χ1n) is 6.46. The normalized spacial score (nSPS) is 10.7. The van der Waals surface area contributed by atoms with Crippen LogP contribution in [-0.2, 0) is 6.54 Å². The van der Waals surface area contributed by atoms with E-state index in [2.05, 4.69) is 28.2 Å². The standard InChI is InChI=1S/C16H17BrFN/c1-2-9-19-11-12-5-3-4-6-14(12)15-10-13(17)7-8-16(15)18/h3-8,10,19H,2,9,11H2,1H3. The predicted molar refractivity (Wildman–Crippen MR) is 81.5 cm³/mol. The summed E-state index contributed by atoms with van der Waals surface area (Å²) >= 11 is 3.40. The average molecular weight is 322 g/mol. The summed E-state index contributed by atoms with van der Waals surface area (Å²) in [6, 6.07) is 13.0. The molecule has 0 atom stereocenters. The van der Waals surface area contributed by atoms with Crippen LogP contribution < -0.4 is 5.32 Å². The molecular weight excluding hydrogens is 305 g/mol. The van der Waals surface area contributed by atoms with Gasteiger partial charge >= 0.3 is 0 Å². The lowest BCUT2D eigenvalue weighted by Crippen LogP contribution is -2.14. The van der Waals surface area contributed by atoms with Gasteiger partial charge in [0.05, 0.1) is 0 Å². The van der Waals surface area contributed by atoms with Gasteiger partial charge < -0.3 is 5.32 Å². The van der Waals surface area contributed by atoms with E-state index in [0.29, 0.717) is 5.56 Å². The number of hydrogen-bond donors (Lipinski definition) is 1. The number of hydrogen-bond acceptors (Lipinski definition) is 1. The van der Waals surface area contributed by atoms with Crippen LogP contribution in [0, 0.1) is 5.82 Å². The highest BCUT2D eigenvalue weighted by atomic mass is 79.9. The second kappa shape index (κ2) is 6.83.